The van der Waals surface area contributed by atoms with Crippen molar-refractivity contribution in [2.75, 3.05) is 52.7 Å². The third-order valence-corrected chi connectivity index (χ3v) is 4.31. The Labute approximate surface area is 166 Å². The van der Waals surface area contributed by atoms with Crippen LogP contribution in [-0.4, -0.2) is 83.2 Å². The molecule has 1 aliphatic heterocycles. The number of nitrogens with zero attached hydrogens (tertiary/aromatic N) is 8. The van der Waals surface area contributed by atoms with Crippen LogP contribution in [-0.2, 0) is 0 Å². The Kier molecular flexibility index (Phi) is 6.79. The Hall–Kier alpha value is -1.65. The second-order valence-corrected chi connectivity index (χ2v) is 6.70. The maximum absolute atomic E-state index is 4.82. The molecule has 3 heterocycles. The molecule has 0 amide bonds. The minimum Gasteiger partial charge on any atom is -0.353 e. The van der Waals surface area contributed by atoms with E-state index in [0.29, 0.717) is 5.92 Å². The van der Waals surface area contributed by atoms with Crippen molar-refractivity contribution < 1.29 is 0 Å². The molecular weight excluding hydrogens is 431 g/mol. The van der Waals surface area contributed by atoms with Gasteiger partial charge in [-0.25, -0.2) is 4.98 Å². The molecule has 1 aliphatic rings. The van der Waals surface area contributed by atoms with Gasteiger partial charge in [0, 0.05) is 60.2 Å². The van der Waals surface area contributed by atoms with Crippen molar-refractivity contribution in [2.24, 2.45) is 10.9 Å². The second-order valence-electron chi connectivity index (χ2n) is 6.70. The van der Waals surface area contributed by atoms with Gasteiger partial charge < -0.3 is 14.7 Å². The van der Waals surface area contributed by atoms with E-state index in [9.17, 15) is 0 Å². The van der Waals surface area contributed by atoms with Crippen molar-refractivity contribution in [1.82, 2.24) is 29.4 Å². The number of aliphatic imine (C=N–C) groups is 1. The number of guanidine groups is 1. The van der Waals surface area contributed by atoms with E-state index in [-0.39, 0.29) is 24.0 Å². The lowest BCUT2D eigenvalue weighted by atomic mass is 9.98. The molecule has 1 fully saturated rings. The van der Waals surface area contributed by atoms with E-state index in [1.54, 1.807) is 6.33 Å². The number of hydrogen-bond acceptors (Lipinski definition) is 5. The molecule has 2 aromatic heterocycles. The highest BCUT2D eigenvalue weighted by Crippen LogP contribution is 2.24. The van der Waals surface area contributed by atoms with Crippen LogP contribution in [0.5, 0.6) is 0 Å². The van der Waals surface area contributed by atoms with Crippen molar-refractivity contribution in [3.63, 3.8) is 0 Å². The smallest absolute Gasteiger partial charge is 0.203 e. The molecule has 0 aliphatic carbocycles. The zero-order valence-corrected chi connectivity index (χ0v) is 17.7. The molecule has 0 aromatic carbocycles. The van der Waals surface area contributed by atoms with Crippen LogP contribution in [0.1, 0.15) is 12.8 Å². The Morgan fingerprint density at radius 1 is 1.28 bits per heavy atom. The fourth-order valence-electron chi connectivity index (χ4n) is 3.27. The highest BCUT2D eigenvalue weighted by molar-refractivity contribution is 14.0. The molecule has 9 heteroatoms. The number of hydrogen-bond donors (Lipinski definition) is 0. The fraction of sp³-hybridized carbons (Fsp3) is 0.625. The van der Waals surface area contributed by atoms with Crippen LogP contribution in [0.15, 0.2) is 23.7 Å². The van der Waals surface area contributed by atoms with Crippen molar-refractivity contribution in [3.05, 3.63) is 18.7 Å². The lowest BCUT2D eigenvalue weighted by Crippen LogP contribution is -2.39. The predicted octanol–water partition coefficient (Wildman–Crippen LogP) is 1.44. The van der Waals surface area contributed by atoms with Gasteiger partial charge in [0.1, 0.15) is 6.33 Å². The summed E-state index contributed by atoms with van der Waals surface area (Å²) in [5.74, 6) is 2.45. The monoisotopic (exact) mass is 458 g/mol. The van der Waals surface area contributed by atoms with E-state index in [1.807, 2.05) is 45.0 Å². The van der Waals surface area contributed by atoms with Crippen LogP contribution in [0, 0.1) is 5.92 Å². The Morgan fingerprint density at radius 3 is 2.76 bits per heavy atom. The molecule has 1 unspecified atom stereocenters. The van der Waals surface area contributed by atoms with Gasteiger partial charge in [-0.05, 0) is 18.8 Å². The van der Waals surface area contributed by atoms with Gasteiger partial charge >= 0.3 is 0 Å². The lowest BCUT2D eigenvalue weighted by Gasteiger charge is -2.33. The zero-order chi connectivity index (χ0) is 17.1. The molecule has 0 saturated carbocycles. The van der Waals surface area contributed by atoms with Crippen molar-refractivity contribution in [3.8, 4) is 0 Å². The average molecular weight is 458 g/mol. The standard InChI is InChI=1S/C16H26N8.HI/c1-21(2)16(22(3)4)18-10-13-6-5-8-23(11-13)14-15-20-19-12-24(15)9-7-17-14;/h7,9,12-13H,5-6,8,10-11H2,1-4H3;1H. The summed E-state index contributed by atoms with van der Waals surface area (Å²) >= 11 is 0. The lowest BCUT2D eigenvalue weighted by molar-refractivity contribution is 0.412. The number of anilines is 1. The number of halogens is 1. The van der Waals surface area contributed by atoms with Crippen molar-refractivity contribution >= 4 is 41.4 Å². The van der Waals surface area contributed by atoms with Gasteiger partial charge in [0.05, 0.1) is 0 Å². The molecule has 0 bridgehead atoms. The number of rotatable bonds is 3. The van der Waals surface area contributed by atoms with Crippen LogP contribution in [0.25, 0.3) is 5.65 Å². The summed E-state index contributed by atoms with van der Waals surface area (Å²) in [6, 6.07) is 0. The predicted molar refractivity (Wildman–Crippen MR) is 111 cm³/mol. The van der Waals surface area contributed by atoms with E-state index < -0.39 is 0 Å². The molecular formula is C16H27IN8. The van der Waals surface area contributed by atoms with Gasteiger partial charge in [-0.2, -0.15) is 0 Å². The topological polar surface area (TPSA) is 65.2 Å². The maximum Gasteiger partial charge on any atom is 0.203 e. The highest BCUT2D eigenvalue weighted by atomic mass is 127. The number of piperidine rings is 1. The Bertz CT molecular complexity index is 701. The quantitative estimate of drug-likeness (QED) is 0.394. The summed E-state index contributed by atoms with van der Waals surface area (Å²) in [5.41, 5.74) is 0.823. The van der Waals surface area contributed by atoms with E-state index in [2.05, 4.69) is 29.9 Å². The SMILES string of the molecule is CN(C)C(=NCC1CCCN(c2nccn3cnnc23)C1)N(C)C.I. The molecule has 1 saturated heterocycles. The molecule has 138 valence electrons. The third-order valence-electron chi connectivity index (χ3n) is 4.31. The van der Waals surface area contributed by atoms with Crippen LogP contribution >= 0.6 is 24.0 Å². The molecule has 3 rings (SSSR count). The Balaban J connectivity index is 0.00000225. The zero-order valence-electron chi connectivity index (χ0n) is 15.3. The molecule has 0 N–H and O–H groups in total. The third kappa shape index (κ3) is 4.50. The summed E-state index contributed by atoms with van der Waals surface area (Å²) in [5, 5.41) is 8.19. The van der Waals surface area contributed by atoms with E-state index in [0.717, 1.165) is 43.5 Å². The van der Waals surface area contributed by atoms with Crippen LogP contribution in [0.3, 0.4) is 0 Å². The number of aromatic nitrogens is 4. The van der Waals surface area contributed by atoms with E-state index in [4.69, 9.17) is 4.99 Å². The van der Waals surface area contributed by atoms with Gasteiger partial charge in [0.25, 0.3) is 0 Å². The molecule has 0 radical (unpaired) electrons. The van der Waals surface area contributed by atoms with Crippen molar-refractivity contribution in [1.29, 1.82) is 0 Å². The summed E-state index contributed by atoms with van der Waals surface area (Å²) < 4.78 is 1.92. The van der Waals surface area contributed by atoms with Crippen LogP contribution in [0.4, 0.5) is 5.82 Å². The minimum absolute atomic E-state index is 0. The maximum atomic E-state index is 4.82. The largest absolute Gasteiger partial charge is 0.353 e. The Morgan fingerprint density at radius 2 is 2.04 bits per heavy atom. The molecule has 1 atom stereocenters. The van der Waals surface area contributed by atoms with Gasteiger partial charge in [-0.1, -0.05) is 0 Å². The number of fused-ring (bicyclic) bond motifs is 1. The summed E-state index contributed by atoms with van der Waals surface area (Å²) in [6.07, 6.45) is 7.75. The van der Waals surface area contributed by atoms with Gasteiger partial charge in [-0.15, -0.1) is 34.2 Å². The first-order valence-electron chi connectivity index (χ1n) is 8.34. The molecule has 25 heavy (non-hydrogen) atoms. The van der Waals surface area contributed by atoms with Gasteiger partial charge in [0.15, 0.2) is 11.8 Å². The fourth-order valence-corrected chi connectivity index (χ4v) is 3.27. The van der Waals surface area contributed by atoms with Crippen LogP contribution < -0.4 is 4.90 Å². The normalized spacial score (nSPS) is 17.1. The first kappa shape index (κ1) is 19.7. The first-order chi connectivity index (χ1) is 11.6. The van der Waals surface area contributed by atoms with Gasteiger partial charge in [-0.3, -0.25) is 9.39 Å². The second kappa shape index (κ2) is 8.63. The first-order valence-corrected chi connectivity index (χ1v) is 8.34. The van der Waals surface area contributed by atoms with Crippen LogP contribution in [0.2, 0.25) is 0 Å². The summed E-state index contributed by atoms with van der Waals surface area (Å²) in [7, 11) is 8.12. The summed E-state index contributed by atoms with van der Waals surface area (Å²) in [4.78, 5) is 15.8. The molecule has 8 nitrogen and oxygen atoms in total. The van der Waals surface area contributed by atoms with E-state index >= 15 is 0 Å². The van der Waals surface area contributed by atoms with Gasteiger partial charge in [0.2, 0.25) is 5.65 Å². The average Bonchev–Trinajstić information content (AvgIpc) is 3.03. The summed E-state index contributed by atoms with van der Waals surface area (Å²) in [6.45, 7) is 2.79. The highest BCUT2D eigenvalue weighted by Gasteiger charge is 2.23. The minimum atomic E-state index is 0. The van der Waals surface area contributed by atoms with Crippen molar-refractivity contribution in [2.45, 2.75) is 12.8 Å². The van der Waals surface area contributed by atoms with E-state index in [1.165, 1.54) is 6.42 Å². The molecule has 2 aromatic rings. The molecule has 0 spiro atoms.